The third kappa shape index (κ3) is 4.99. The summed E-state index contributed by atoms with van der Waals surface area (Å²) in [5, 5.41) is 6.27. The third-order valence-electron chi connectivity index (χ3n) is 5.98. The molecule has 7 nitrogen and oxygen atoms in total. The van der Waals surface area contributed by atoms with Gasteiger partial charge in [-0.05, 0) is 62.6 Å². The van der Waals surface area contributed by atoms with Crippen molar-refractivity contribution >= 4 is 38.0 Å². The van der Waals surface area contributed by atoms with E-state index in [1.807, 2.05) is 32.0 Å². The maximum absolute atomic E-state index is 13.1. The predicted molar refractivity (Wildman–Crippen MR) is 126 cm³/mol. The van der Waals surface area contributed by atoms with Crippen molar-refractivity contribution in [3.8, 4) is 5.75 Å². The SMILES string of the molecule is Cc1cccc(C)c1OCC(=O)Nc1sc2c(c1C(=O)N[C@H]1CCS(=O)(=O)C1)CCCC2. The van der Waals surface area contributed by atoms with Gasteiger partial charge < -0.3 is 15.4 Å². The maximum atomic E-state index is 13.1. The summed E-state index contributed by atoms with van der Waals surface area (Å²) >= 11 is 1.44. The maximum Gasteiger partial charge on any atom is 0.262 e. The van der Waals surface area contributed by atoms with Crippen LogP contribution in [0.4, 0.5) is 5.00 Å². The molecular formula is C23H28N2O5S2. The second-order valence-corrected chi connectivity index (χ2v) is 11.9. The zero-order valence-electron chi connectivity index (χ0n) is 18.3. The van der Waals surface area contributed by atoms with Crippen LogP contribution in [0.15, 0.2) is 18.2 Å². The molecule has 1 aliphatic carbocycles. The Balaban J connectivity index is 1.50. The lowest BCUT2D eigenvalue weighted by Crippen LogP contribution is -2.36. The van der Waals surface area contributed by atoms with Crippen LogP contribution >= 0.6 is 11.3 Å². The van der Waals surface area contributed by atoms with Crippen LogP contribution in [0.25, 0.3) is 0 Å². The van der Waals surface area contributed by atoms with Crippen molar-refractivity contribution in [3.63, 3.8) is 0 Å². The van der Waals surface area contributed by atoms with E-state index in [1.165, 1.54) is 11.3 Å². The van der Waals surface area contributed by atoms with Gasteiger partial charge in [-0.15, -0.1) is 11.3 Å². The normalized spacial score (nSPS) is 19.2. The van der Waals surface area contributed by atoms with E-state index >= 15 is 0 Å². The van der Waals surface area contributed by atoms with E-state index in [9.17, 15) is 18.0 Å². The molecule has 1 aromatic heterocycles. The fourth-order valence-corrected chi connectivity index (χ4v) is 7.36. The highest BCUT2D eigenvalue weighted by Crippen LogP contribution is 2.38. The molecule has 9 heteroatoms. The molecule has 0 saturated carbocycles. The zero-order chi connectivity index (χ0) is 22.9. The Morgan fingerprint density at radius 2 is 1.88 bits per heavy atom. The van der Waals surface area contributed by atoms with Crippen LogP contribution in [0.2, 0.25) is 0 Å². The first-order chi connectivity index (χ1) is 15.2. The minimum Gasteiger partial charge on any atom is -0.483 e. The van der Waals surface area contributed by atoms with Crippen LogP contribution in [0.1, 0.15) is 51.2 Å². The van der Waals surface area contributed by atoms with Crippen molar-refractivity contribution in [2.24, 2.45) is 0 Å². The van der Waals surface area contributed by atoms with Gasteiger partial charge in [0.1, 0.15) is 10.8 Å². The molecule has 0 radical (unpaired) electrons. The van der Waals surface area contributed by atoms with E-state index in [4.69, 9.17) is 4.74 Å². The number of amides is 2. The second-order valence-electron chi connectivity index (χ2n) is 8.55. The van der Waals surface area contributed by atoms with Gasteiger partial charge in [0.25, 0.3) is 11.8 Å². The molecule has 1 aliphatic heterocycles. The Morgan fingerprint density at radius 3 is 2.56 bits per heavy atom. The van der Waals surface area contributed by atoms with Crippen LogP contribution in [-0.2, 0) is 27.5 Å². The molecule has 0 unspecified atom stereocenters. The number of nitrogens with one attached hydrogen (secondary N) is 2. The minimum absolute atomic E-state index is 0.0314. The largest absolute Gasteiger partial charge is 0.483 e. The fraction of sp³-hybridized carbons (Fsp3) is 0.478. The van der Waals surface area contributed by atoms with Gasteiger partial charge in [0.15, 0.2) is 16.4 Å². The lowest BCUT2D eigenvalue weighted by atomic mass is 9.95. The predicted octanol–water partition coefficient (Wildman–Crippen LogP) is 3.18. The number of ether oxygens (including phenoxy) is 1. The van der Waals surface area contributed by atoms with E-state index in [2.05, 4.69) is 10.6 Å². The first-order valence-electron chi connectivity index (χ1n) is 10.9. The van der Waals surface area contributed by atoms with Crippen LogP contribution in [0.5, 0.6) is 5.75 Å². The summed E-state index contributed by atoms with van der Waals surface area (Å²) in [7, 11) is -3.10. The quantitative estimate of drug-likeness (QED) is 0.667. The summed E-state index contributed by atoms with van der Waals surface area (Å²) in [5.41, 5.74) is 3.37. The van der Waals surface area contributed by atoms with Gasteiger partial charge in [-0.1, -0.05) is 18.2 Å². The van der Waals surface area contributed by atoms with E-state index in [-0.39, 0.29) is 36.0 Å². The van der Waals surface area contributed by atoms with Crippen LogP contribution < -0.4 is 15.4 Å². The smallest absolute Gasteiger partial charge is 0.262 e. The van der Waals surface area contributed by atoms with E-state index in [0.717, 1.165) is 47.3 Å². The highest BCUT2D eigenvalue weighted by atomic mass is 32.2. The number of benzene rings is 1. The van der Waals surface area contributed by atoms with Crippen LogP contribution in [0, 0.1) is 13.8 Å². The number of sulfone groups is 1. The van der Waals surface area contributed by atoms with E-state index < -0.39 is 9.84 Å². The summed E-state index contributed by atoms with van der Waals surface area (Å²) in [6.07, 6.45) is 4.13. The zero-order valence-corrected chi connectivity index (χ0v) is 20.0. The summed E-state index contributed by atoms with van der Waals surface area (Å²) in [6, 6.07) is 5.41. The molecule has 172 valence electrons. The average Bonchev–Trinajstić information content (AvgIpc) is 3.26. The van der Waals surface area contributed by atoms with Gasteiger partial charge >= 0.3 is 0 Å². The summed E-state index contributed by atoms with van der Waals surface area (Å²) in [4.78, 5) is 26.9. The molecule has 32 heavy (non-hydrogen) atoms. The topological polar surface area (TPSA) is 102 Å². The summed E-state index contributed by atoms with van der Waals surface area (Å²) < 4.78 is 29.3. The van der Waals surface area contributed by atoms with E-state index in [0.29, 0.717) is 22.7 Å². The third-order valence-corrected chi connectivity index (χ3v) is 8.95. The number of fused-ring (bicyclic) bond motifs is 1. The molecule has 1 fully saturated rings. The van der Waals surface area contributed by atoms with Crippen molar-refractivity contribution in [2.75, 3.05) is 23.4 Å². The molecule has 2 aliphatic rings. The molecule has 2 aromatic rings. The number of hydrogen-bond donors (Lipinski definition) is 2. The molecule has 2 heterocycles. The molecule has 0 spiro atoms. The lowest BCUT2D eigenvalue weighted by Gasteiger charge is -2.16. The van der Waals surface area contributed by atoms with Crippen molar-refractivity contribution in [1.29, 1.82) is 0 Å². The molecule has 4 rings (SSSR count). The van der Waals surface area contributed by atoms with Gasteiger partial charge in [0.05, 0.1) is 17.1 Å². The van der Waals surface area contributed by atoms with Crippen molar-refractivity contribution < 1.29 is 22.7 Å². The number of thiophene rings is 1. The van der Waals surface area contributed by atoms with Crippen LogP contribution in [0.3, 0.4) is 0 Å². The Labute approximate surface area is 192 Å². The van der Waals surface area contributed by atoms with E-state index in [1.54, 1.807) is 0 Å². The van der Waals surface area contributed by atoms with Gasteiger partial charge in [0.2, 0.25) is 0 Å². The molecule has 1 aromatic carbocycles. The van der Waals surface area contributed by atoms with Crippen molar-refractivity contribution in [1.82, 2.24) is 5.32 Å². The highest BCUT2D eigenvalue weighted by molar-refractivity contribution is 7.91. The van der Waals surface area contributed by atoms with Crippen molar-refractivity contribution in [2.45, 2.75) is 52.0 Å². The monoisotopic (exact) mass is 476 g/mol. The number of carbonyl (C=O) groups excluding carboxylic acids is 2. The highest BCUT2D eigenvalue weighted by Gasteiger charge is 2.32. The van der Waals surface area contributed by atoms with Gasteiger partial charge in [0, 0.05) is 10.9 Å². The Bertz CT molecular complexity index is 1130. The van der Waals surface area contributed by atoms with Crippen LogP contribution in [-0.4, -0.2) is 44.4 Å². The number of para-hydroxylation sites is 1. The molecule has 2 N–H and O–H groups in total. The Kier molecular flexibility index (Phi) is 6.57. The fourth-order valence-electron chi connectivity index (χ4n) is 4.39. The first-order valence-corrected chi connectivity index (χ1v) is 13.5. The molecule has 2 amide bonds. The molecule has 0 bridgehead atoms. The van der Waals surface area contributed by atoms with Gasteiger partial charge in [-0.2, -0.15) is 0 Å². The van der Waals surface area contributed by atoms with Gasteiger partial charge in [-0.3, -0.25) is 9.59 Å². The number of aryl methyl sites for hydroxylation is 3. The average molecular weight is 477 g/mol. The Hall–Kier alpha value is -2.39. The van der Waals surface area contributed by atoms with Gasteiger partial charge in [-0.25, -0.2) is 8.42 Å². The standard InChI is InChI=1S/C23H28N2O5S2/c1-14-6-5-7-15(2)21(14)30-12-19(26)25-23-20(17-8-3-4-9-18(17)31-23)22(27)24-16-10-11-32(28,29)13-16/h5-7,16H,3-4,8-13H2,1-2H3,(H,24,27)(H,25,26)/t16-/m0/s1. The summed E-state index contributed by atoms with van der Waals surface area (Å²) in [6.45, 7) is 3.70. The molecule has 1 saturated heterocycles. The number of anilines is 1. The number of hydrogen-bond acceptors (Lipinski definition) is 6. The number of carbonyl (C=O) groups is 2. The Morgan fingerprint density at radius 1 is 1.16 bits per heavy atom. The molecular weight excluding hydrogens is 448 g/mol. The van der Waals surface area contributed by atoms with Crippen molar-refractivity contribution in [3.05, 3.63) is 45.3 Å². The summed E-state index contributed by atoms with van der Waals surface area (Å²) in [5.74, 6) is 0.115. The molecule has 1 atom stereocenters. The number of rotatable bonds is 6. The first kappa shape index (κ1) is 22.8. The minimum atomic E-state index is -3.10. The lowest BCUT2D eigenvalue weighted by molar-refractivity contribution is -0.118. The second kappa shape index (κ2) is 9.23.